The summed E-state index contributed by atoms with van der Waals surface area (Å²) >= 11 is 0. The topological polar surface area (TPSA) is 279 Å². The fraction of sp³-hybridized carbons (Fsp3) is 0.615. The zero-order chi connectivity index (χ0) is 25.6. The van der Waals surface area contributed by atoms with Gasteiger partial charge in [0.25, 0.3) is 0 Å². The summed E-state index contributed by atoms with van der Waals surface area (Å²) in [4.78, 5) is 43.8. The lowest BCUT2D eigenvalue weighted by molar-refractivity contribution is -0.0560. The average Bonchev–Trinajstić information content (AvgIpc) is 3.17. The second kappa shape index (κ2) is 9.59. The van der Waals surface area contributed by atoms with Gasteiger partial charge in [0.1, 0.15) is 30.5 Å². The molecule has 1 aliphatic rings. The van der Waals surface area contributed by atoms with Gasteiger partial charge in [-0.1, -0.05) is 13.8 Å². The molecular formula is C13H22N5O13P3. The van der Waals surface area contributed by atoms with E-state index in [0.717, 1.165) is 11.0 Å². The molecule has 0 saturated carbocycles. The van der Waals surface area contributed by atoms with E-state index in [1.165, 1.54) is 0 Å². The van der Waals surface area contributed by atoms with Crippen molar-refractivity contribution in [3.63, 3.8) is 0 Å². The molecule has 0 bridgehead atoms. The van der Waals surface area contributed by atoms with E-state index >= 15 is 0 Å². The summed E-state index contributed by atoms with van der Waals surface area (Å²) in [6.07, 6.45) is -5.00. The molecular weight excluding hydrogens is 527 g/mol. The predicted molar refractivity (Wildman–Crippen MR) is 110 cm³/mol. The van der Waals surface area contributed by atoms with E-state index in [1.807, 2.05) is 13.8 Å². The Labute approximate surface area is 190 Å². The Morgan fingerprint density at radius 2 is 1.74 bits per heavy atom. The van der Waals surface area contributed by atoms with Crippen molar-refractivity contribution in [2.24, 2.45) is 0 Å². The number of nitrogens with zero attached hydrogens (tertiary/aromatic N) is 4. The molecule has 2 unspecified atom stereocenters. The minimum absolute atomic E-state index is 0.122. The van der Waals surface area contributed by atoms with E-state index < -0.39 is 54.6 Å². The number of aliphatic hydroxyl groups excluding tert-OH is 2. The van der Waals surface area contributed by atoms with Crippen LogP contribution in [0, 0.1) is 0 Å². The summed E-state index contributed by atoms with van der Waals surface area (Å²) in [6, 6.07) is 0. The standard InChI is InChI=1S/C13H22N5O13P3/c1-5(2)8-7-11(14)15-4-16-12(7)18(17-8)13-10(20)9(19)6(29-13)3-28-33(24,25)31-34(26,27)30-32(21,22)23/h4-6,9-10,13,19-20H,3H2,1-2H3,(H,24,25)(H,26,27)(H2,14,15,16)(H2,21,22,23)/t6-,9-,10-,13-/m1/s1. The molecule has 18 nitrogen and oxygen atoms in total. The lowest BCUT2D eigenvalue weighted by Crippen LogP contribution is -2.33. The van der Waals surface area contributed by atoms with Crippen LogP contribution in [0.4, 0.5) is 5.82 Å². The molecule has 0 spiro atoms. The molecule has 6 atom stereocenters. The number of rotatable bonds is 9. The van der Waals surface area contributed by atoms with Gasteiger partial charge in [-0.15, -0.1) is 0 Å². The number of phosphoric acid groups is 3. The van der Waals surface area contributed by atoms with Crippen LogP contribution >= 0.6 is 23.5 Å². The second-order valence-electron chi connectivity index (χ2n) is 7.38. The number of phosphoric ester groups is 1. The van der Waals surface area contributed by atoms with Gasteiger partial charge in [-0.25, -0.2) is 28.3 Å². The van der Waals surface area contributed by atoms with Gasteiger partial charge in [0.15, 0.2) is 11.9 Å². The highest BCUT2D eigenvalue weighted by atomic mass is 31.3. The summed E-state index contributed by atoms with van der Waals surface area (Å²) in [5.41, 5.74) is 6.59. The SMILES string of the molecule is CC(C)c1nn([C@@H]2O[C@H](COP(=O)(O)OP(=O)(O)OP(=O)(O)O)[C@@H](O)[C@H]2O)c2ncnc(N)c12. The third-order valence-electron chi connectivity index (χ3n) is 4.49. The van der Waals surface area contributed by atoms with Crippen LogP contribution in [0.1, 0.15) is 31.7 Å². The first-order valence-electron chi connectivity index (χ1n) is 9.30. The van der Waals surface area contributed by atoms with E-state index in [-0.39, 0.29) is 17.4 Å². The molecule has 0 amide bonds. The van der Waals surface area contributed by atoms with Crippen LogP contribution in [0.2, 0.25) is 0 Å². The van der Waals surface area contributed by atoms with Gasteiger partial charge in [-0.05, 0) is 5.92 Å². The van der Waals surface area contributed by atoms with Crippen molar-refractivity contribution < 1.29 is 61.4 Å². The van der Waals surface area contributed by atoms with Gasteiger partial charge in [-0.3, -0.25) is 4.52 Å². The number of aliphatic hydroxyl groups is 2. The lowest BCUT2D eigenvalue weighted by Gasteiger charge is -2.19. The minimum atomic E-state index is -5.72. The van der Waals surface area contributed by atoms with Gasteiger partial charge < -0.3 is 40.3 Å². The quantitative estimate of drug-likeness (QED) is 0.194. The Bertz CT molecular complexity index is 1200. The zero-order valence-corrected chi connectivity index (χ0v) is 20.1. The van der Waals surface area contributed by atoms with E-state index in [9.17, 15) is 33.7 Å². The molecule has 21 heteroatoms. The van der Waals surface area contributed by atoms with Crippen LogP contribution < -0.4 is 5.73 Å². The number of anilines is 1. The van der Waals surface area contributed by atoms with Crippen LogP contribution in [0.5, 0.6) is 0 Å². The largest absolute Gasteiger partial charge is 0.490 e. The molecule has 1 fully saturated rings. The van der Waals surface area contributed by atoms with E-state index in [0.29, 0.717) is 11.1 Å². The Morgan fingerprint density at radius 1 is 1.09 bits per heavy atom. The van der Waals surface area contributed by atoms with Crippen molar-refractivity contribution in [1.29, 1.82) is 0 Å². The second-order valence-corrected chi connectivity index (χ2v) is 11.8. The smallest absolute Gasteiger partial charge is 0.387 e. The van der Waals surface area contributed by atoms with Crippen molar-refractivity contribution in [2.45, 2.75) is 44.3 Å². The van der Waals surface area contributed by atoms with Crippen molar-refractivity contribution >= 4 is 40.3 Å². The third kappa shape index (κ3) is 6.06. The van der Waals surface area contributed by atoms with E-state index in [1.54, 1.807) is 0 Å². The highest BCUT2D eigenvalue weighted by Gasteiger charge is 2.47. The van der Waals surface area contributed by atoms with Crippen LogP contribution in [0.3, 0.4) is 0 Å². The summed E-state index contributed by atoms with van der Waals surface area (Å²) < 4.78 is 52.3. The Balaban J connectivity index is 1.78. The summed E-state index contributed by atoms with van der Waals surface area (Å²) in [5, 5.41) is 25.6. The monoisotopic (exact) mass is 549 g/mol. The predicted octanol–water partition coefficient (Wildman–Crippen LogP) is -0.506. The van der Waals surface area contributed by atoms with E-state index in [2.05, 4.69) is 28.2 Å². The Morgan fingerprint density at radius 3 is 2.32 bits per heavy atom. The number of aromatic nitrogens is 4. The molecule has 2 aromatic rings. The molecule has 192 valence electrons. The van der Waals surface area contributed by atoms with Crippen molar-refractivity contribution in [1.82, 2.24) is 19.7 Å². The van der Waals surface area contributed by atoms with Crippen LogP contribution in [-0.2, 0) is 31.6 Å². The van der Waals surface area contributed by atoms with Crippen LogP contribution in [0.15, 0.2) is 6.33 Å². The lowest BCUT2D eigenvalue weighted by atomic mass is 10.1. The maximum Gasteiger partial charge on any atom is 0.490 e. The molecule has 34 heavy (non-hydrogen) atoms. The van der Waals surface area contributed by atoms with Crippen molar-refractivity contribution in [2.75, 3.05) is 12.3 Å². The number of fused-ring (bicyclic) bond motifs is 1. The van der Waals surface area contributed by atoms with Gasteiger partial charge in [0, 0.05) is 0 Å². The summed E-state index contributed by atoms with van der Waals surface area (Å²) in [6.45, 7) is 2.68. The molecule has 0 aromatic carbocycles. The number of nitrogens with two attached hydrogens (primary N) is 1. The van der Waals surface area contributed by atoms with E-state index in [4.69, 9.17) is 20.3 Å². The number of hydrogen-bond donors (Lipinski definition) is 7. The van der Waals surface area contributed by atoms with Crippen molar-refractivity contribution in [3.05, 3.63) is 12.0 Å². The van der Waals surface area contributed by atoms with Gasteiger partial charge in [0.2, 0.25) is 0 Å². The molecule has 0 radical (unpaired) electrons. The highest BCUT2D eigenvalue weighted by Crippen LogP contribution is 2.66. The normalized spacial score (nSPS) is 27.2. The summed E-state index contributed by atoms with van der Waals surface area (Å²) in [5.74, 6) is -0.0150. The fourth-order valence-electron chi connectivity index (χ4n) is 3.14. The van der Waals surface area contributed by atoms with Gasteiger partial charge in [0.05, 0.1) is 17.7 Å². The van der Waals surface area contributed by atoms with Crippen LogP contribution in [0.25, 0.3) is 11.0 Å². The molecule has 3 heterocycles. The summed E-state index contributed by atoms with van der Waals surface area (Å²) in [7, 11) is -16.7. The first-order valence-corrected chi connectivity index (χ1v) is 13.8. The zero-order valence-electron chi connectivity index (χ0n) is 17.4. The minimum Gasteiger partial charge on any atom is -0.387 e. The molecule has 1 aliphatic heterocycles. The average molecular weight is 549 g/mol. The fourth-order valence-corrected chi connectivity index (χ4v) is 6.17. The van der Waals surface area contributed by atoms with Gasteiger partial charge in [-0.2, -0.15) is 13.7 Å². The molecule has 1 saturated heterocycles. The number of ether oxygens (including phenoxy) is 1. The first-order chi connectivity index (χ1) is 15.5. The number of hydrogen-bond acceptors (Lipinski definition) is 13. The van der Waals surface area contributed by atoms with Crippen LogP contribution in [-0.4, -0.2) is 74.5 Å². The maximum atomic E-state index is 11.9. The third-order valence-corrected chi connectivity index (χ3v) is 8.29. The number of nitrogen functional groups attached to an aromatic ring is 1. The van der Waals surface area contributed by atoms with Gasteiger partial charge >= 0.3 is 23.5 Å². The molecule has 0 aliphatic carbocycles. The Hall–Kier alpha value is -1.36. The highest BCUT2D eigenvalue weighted by molar-refractivity contribution is 7.66. The maximum absolute atomic E-state index is 11.9. The molecule has 8 N–H and O–H groups in total. The molecule has 2 aromatic heterocycles. The molecule has 3 rings (SSSR count). The first kappa shape index (κ1) is 27.2. The Kier molecular flexibility index (Phi) is 7.68. The van der Waals surface area contributed by atoms with Crippen molar-refractivity contribution in [3.8, 4) is 0 Å².